The third-order valence-corrected chi connectivity index (χ3v) is 4.17. The molecule has 1 aliphatic heterocycles. The summed E-state index contributed by atoms with van der Waals surface area (Å²) in [4.78, 5) is 16.6. The largest absolute Gasteiger partial charge is 0.479 e. The molecule has 2 aromatic rings. The predicted molar refractivity (Wildman–Crippen MR) is 111 cm³/mol. The fourth-order valence-corrected chi connectivity index (χ4v) is 2.81. The van der Waals surface area contributed by atoms with Crippen LogP contribution in [0.4, 0.5) is 29.1 Å². The van der Waals surface area contributed by atoms with Gasteiger partial charge in [0.2, 0.25) is 11.8 Å². The Morgan fingerprint density at radius 2 is 2.00 bits per heavy atom. The van der Waals surface area contributed by atoms with Gasteiger partial charge in [-0.25, -0.2) is 24.3 Å². The molecule has 0 saturated carbocycles. The van der Waals surface area contributed by atoms with Crippen LogP contribution >= 0.6 is 0 Å². The van der Waals surface area contributed by atoms with Gasteiger partial charge in [0.1, 0.15) is 12.4 Å². The Morgan fingerprint density at radius 3 is 2.69 bits per heavy atom. The van der Waals surface area contributed by atoms with Crippen LogP contribution in [0.3, 0.4) is 0 Å². The van der Waals surface area contributed by atoms with Crippen molar-refractivity contribution in [3.8, 4) is 5.88 Å². The second kappa shape index (κ2) is 9.73. The molecule has 8 nitrogen and oxygen atoms in total. The van der Waals surface area contributed by atoms with Crippen molar-refractivity contribution < 1.29 is 27.0 Å². The van der Waals surface area contributed by atoms with Gasteiger partial charge in [0.05, 0.1) is 37.0 Å². The smallest absolute Gasteiger partial charge is 0.411 e. The SMILES string of the molecule is COc1ncc(Nc2nc(COCC(F)(F)F)ccc2C2=NC(N)=NC(C)=CC2)cc1F. The lowest BCUT2D eigenvalue weighted by Crippen LogP contribution is -2.17. The number of rotatable bonds is 7. The van der Waals surface area contributed by atoms with Gasteiger partial charge in [0, 0.05) is 23.7 Å². The second-order valence-electron chi connectivity index (χ2n) is 6.72. The van der Waals surface area contributed by atoms with Gasteiger partial charge in [-0.3, -0.25) is 0 Å². The fraction of sp³-hybridized carbons (Fsp3) is 0.300. The van der Waals surface area contributed by atoms with E-state index in [4.69, 9.17) is 15.2 Å². The number of allylic oxidation sites excluding steroid dienone is 2. The number of methoxy groups -OCH3 is 1. The number of pyridine rings is 2. The first kappa shape index (κ1) is 23.1. The van der Waals surface area contributed by atoms with Gasteiger partial charge < -0.3 is 20.5 Å². The number of aromatic nitrogens is 2. The molecule has 0 unspecified atom stereocenters. The van der Waals surface area contributed by atoms with E-state index in [9.17, 15) is 17.6 Å². The molecule has 0 aliphatic carbocycles. The molecule has 2 aromatic heterocycles. The summed E-state index contributed by atoms with van der Waals surface area (Å²) in [6.07, 6.45) is -0.929. The summed E-state index contributed by atoms with van der Waals surface area (Å²) < 4.78 is 60.7. The molecule has 0 spiro atoms. The van der Waals surface area contributed by atoms with Crippen molar-refractivity contribution in [1.82, 2.24) is 9.97 Å². The van der Waals surface area contributed by atoms with Crippen LogP contribution in [0.25, 0.3) is 0 Å². The Kier molecular flexibility index (Phi) is 7.03. The highest BCUT2D eigenvalue weighted by molar-refractivity contribution is 6.11. The van der Waals surface area contributed by atoms with Crippen LogP contribution in [0.5, 0.6) is 5.88 Å². The quantitative estimate of drug-likeness (QED) is 0.618. The summed E-state index contributed by atoms with van der Waals surface area (Å²) in [6.45, 7) is -0.00895. The average Bonchev–Trinajstić information content (AvgIpc) is 2.87. The van der Waals surface area contributed by atoms with E-state index < -0.39 is 18.6 Å². The van der Waals surface area contributed by atoms with Crippen LogP contribution in [0.15, 0.2) is 46.2 Å². The van der Waals surface area contributed by atoms with Crippen LogP contribution in [0.2, 0.25) is 0 Å². The summed E-state index contributed by atoms with van der Waals surface area (Å²) in [5.74, 6) is -0.628. The third-order valence-electron chi connectivity index (χ3n) is 4.17. The van der Waals surface area contributed by atoms with Crippen molar-refractivity contribution in [2.24, 2.45) is 15.7 Å². The Bertz CT molecular complexity index is 1080. The lowest BCUT2D eigenvalue weighted by atomic mass is 10.1. The number of aliphatic imine (C=N–C) groups is 2. The van der Waals surface area contributed by atoms with Gasteiger partial charge in [-0.2, -0.15) is 13.2 Å². The Morgan fingerprint density at radius 1 is 1.22 bits per heavy atom. The van der Waals surface area contributed by atoms with E-state index in [2.05, 4.69) is 25.3 Å². The van der Waals surface area contributed by atoms with Crippen molar-refractivity contribution in [2.45, 2.75) is 26.1 Å². The highest BCUT2D eigenvalue weighted by Gasteiger charge is 2.27. The van der Waals surface area contributed by atoms with Crippen LogP contribution < -0.4 is 15.8 Å². The van der Waals surface area contributed by atoms with E-state index in [0.717, 1.165) is 6.07 Å². The van der Waals surface area contributed by atoms with Crippen molar-refractivity contribution in [1.29, 1.82) is 0 Å². The maximum absolute atomic E-state index is 14.1. The minimum Gasteiger partial charge on any atom is -0.479 e. The van der Waals surface area contributed by atoms with Crippen LogP contribution in [0, 0.1) is 5.82 Å². The molecule has 3 N–H and O–H groups in total. The van der Waals surface area contributed by atoms with E-state index >= 15 is 0 Å². The summed E-state index contributed by atoms with van der Waals surface area (Å²) in [5.41, 5.74) is 8.00. The molecular formula is C20H20F4N6O2. The number of ether oxygens (including phenoxy) is 2. The Labute approximate surface area is 180 Å². The maximum atomic E-state index is 14.1. The zero-order valence-corrected chi connectivity index (χ0v) is 17.2. The second-order valence-corrected chi connectivity index (χ2v) is 6.72. The number of alkyl halides is 3. The number of hydrogen-bond donors (Lipinski definition) is 2. The molecule has 0 atom stereocenters. The molecule has 3 heterocycles. The van der Waals surface area contributed by atoms with Crippen molar-refractivity contribution in [3.05, 3.63) is 53.2 Å². The summed E-state index contributed by atoms with van der Waals surface area (Å²) in [7, 11) is 1.29. The van der Waals surface area contributed by atoms with Crippen LogP contribution in [-0.4, -0.2) is 41.5 Å². The standard InChI is InChI=1S/C20H20F4N6O2/c1-11-3-6-16(30-19(25)27-11)14-5-4-12(9-32-10-20(22,23)24)28-17(14)29-13-7-15(21)18(31-2)26-8-13/h3-5,7-8H,6,9-10H2,1-2H3,(H2,25,27)(H,28,29). The van der Waals surface area contributed by atoms with Crippen molar-refractivity contribution in [3.63, 3.8) is 0 Å². The van der Waals surface area contributed by atoms with E-state index in [1.54, 1.807) is 13.0 Å². The van der Waals surface area contributed by atoms with Gasteiger partial charge in [0.25, 0.3) is 0 Å². The molecule has 3 rings (SSSR count). The fourth-order valence-electron chi connectivity index (χ4n) is 2.81. The summed E-state index contributed by atoms with van der Waals surface area (Å²) in [5, 5.41) is 2.93. The van der Waals surface area contributed by atoms with Gasteiger partial charge in [-0.1, -0.05) is 6.08 Å². The first-order valence-corrected chi connectivity index (χ1v) is 9.34. The zero-order valence-electron chi connectivity index (χ0n) is 17.2. The lowest BCUT2D eigenvalue weighted by molar-refractivity contribution is -0.176. The normalized spacial score (nSPS) is 14.2. The molecule has 0 amide bonds. The van der Waals surface area contributed by atoms with Crippen molar-refractivity contribution in [2.75, 3.05) is 19.0 Å². The topological polar surface area (TPSA) is 107 Å². The highest BCUT2D eigenvalue weighted by atomic mass is 19.4. The minimum absolute atomic E-state index is 0.0481. The summed E-state index contributed by atoms with van der Waals surface area (Å²) >= 11 is 0. The monoisotopic (exact) mass is 452 g/mol. The molecule has 0 bridgehead atoms. The van der Waals surface area contributed by atoms with Crippen molar-refractivity contribution >= 4 is 23.2 Å². The number of hydrogen-bond acceptors (Lipinski definition) is 8. The zero-order chi connectivity index (χ0) is 23.3. The molecule has 12 heteroatoms. The number of nitrogens with one attached hydrogen (secondary N) is 1. The van der Waals surface area contributed by atoms with Gasteiger partial charge in [0.15, 0.2) is 5.82 Å². The Balaban J connectivity index is 1.95. The molecule has 0 fully saturated rings. The number of guanidine groups is 1. The van der Waals surface area contributed by atoms with E-state index in [1.807, 2.05) is 6.08 Å². The summed E-state index contributed by atoms with van der Waals surface area (Å²) in [6, 6.07) is 4.29. The lowest BCUT2D eigenvalue weighted by Gasteiger charge is -2.15. The molecule has 0 aromatic carbocycles. The molecule has 170 valence electrons. The van der Waals surface area contributed by atoms with E-state index in [0.29, 0.717) is 23.4 Å². The average molecular weight is 452 g/mol. The minimum atomic E-state index is -4.45. The third kappa shape index (κ3) is 6.23. The number of nitrogens with two attached hydrogens (primary N) is 1. The number of anilines is 2. The van der Waals surface area contributed by atoms with Gasteiger partial charge in [-0.05, 0) is 19.1 Å². The molecule has 0 radical (unpaired) electrons. The van der Waals surface area contributed by atoms with Crippen LogP contribution in [-0.2, 0) is 11.3 Å². The molecular weight excluding hydrogens is 432 g/mol. The maximum Gasteiger partial charge on any atom is 0.411 e. The highest BCUT2D eigenvalue weighted by Crippen LogP contribution is 2.25. The molecule has 1 aliphatic rings. The molecule has 32 heavy (non-hydrogen) atoms. The molecule has 0 saturated heterocycles. The first-order chi connectivity index (χ1) is 15.1. The van der Waals surface area contributed by atoms with E-state index in [-0.39, 0.29) is 35.6 Å². The number of nitrogens with zero attached hydrogens (tertiary/aromatic N) is 4. The van der Waals surface area contributed by atoms with Crippen LogP contribution in [0.1, 0.15) is 24.6 Å². The predicted octanol–water partition coefficient (Wildman–Crippen LogP) is 3.86. The van der Waals surface area contributed by atoms with E-state index in [1.165, 1.54) is 19.4 Å². The first-order valence-electron chi connectivity index (χ1n) is 9.34. The van der Waals surface area contributed by atoms with Gasteiger partial charge >= 0.3 is 6.18 Å². The van der Waals surface area contributed by atoms with Gasteiger partial charge in [-0.15, -0.1) is 0 Å². The Hall–Kier alpha value is -3.54. The number of halogens is 4.